The van der Waals surface area contributed by atoms with E-state index < -0.39 is 0 Å². The first kappa shape index (κ1) is 13.4. The van der Waals surface area contributed by atoms with E-state index in [0.29, 0.717) is 11.8 Å². The van der Waals surface area contributed by atoms with Crippen LogP contribution in [-0.2, 0) is 9.53 Å². The summed E-state index contributed by atoms with van der Waals surface area (Å²) < 4.78 is 5.57. The van der Waals surface area contributed by atoms with E-state index in [1.807, 2.05) is 0 Å². The molecule has 0 spiro atoms. The number of fused-ring (bicyclic) bond motifs is 5. The molecule has 0 saturated heterocycles. The van der Waals surface area contributed by atoms with Crippen molar-refractivity contribution in [2.24, 2.45) is 23.7 Å². The molecule has 5 atom stereocenters. The minimum Gasteiger partial charge on any atom is -0.462 e. The average molecular weight is 284 g/mol. The maximum atomic E-state index is 11.3. The number of hydrogen-bond donors (Lipinski definition) is 0. The van der Waals surface area contributed by atoms with Crippen LogP contribution in [0.2, 0.25) is 0 Å². The summed E-state index contributed by atoms with van der Waals surface area (Å²) in [6, 6.07) is 0. The van der Waals surface area contributed by atoms with Gasteiger partial charge in [0.15, 0.2) is 0 Å². The second-order valence-corrected chi connectivity index (χ2v) is 7.06. The van der Waals surface area contributed by atoms with Crippen LogP contribution in [0.1, 0.15) is 45.4 Å². The third-order valence-electron chi connectivity index (χ3n) is 6.05. The highest BCUT2D eigenvalue weighted by molar-refractivity contribution is 5.66. The topological polar surface area (TPSA) is 26.3 Å². The fourth-order valence-corrected chi connectivity index (χ4v) is 5.24. The Hall–Kier alpha value is -1.31. The van der Waals surface area contributed by atoms with Gasteiger partial charge in [0.05, 0.1) is 0 Å². The number of carbonyl (C=O) groups is 1. The first-order valence-electron chi connectivity index (χ1n) is 8.47. The van der Waals surface area contributed by atoms with Gasteiger partial charge in [-0.1, -0.05) is 35.5 Å². The van der Waals surface area contributed by atoms with Gasteiger partial charge in [-0.25, -0.2) is 0 Å². The first-order chi connectivity index (χ1) is 10.2. The second kappa shape index (κ2) is 5.15. The highest BCUT2D eigenvalue weighted by Gasteiger charge is 2.47. The third kappa shape index (κ3) is 2.20. The number of hydrogen-bond acceptors (Lipinski definition) is 2. The lowest BCUT2D eigenvalue weighted by Gasteiger charge is -2.43. The highest BCUT2D eigenvalue weighted by atomic mass is 16.5. The lowest BCUT2D eigenvalue weighted by molar-refractivity contribution is -0.148. The van der Waals surface area contributed by atoms with Gasteiger partial charge in [0.2, 0.25) is 0 Å². The summed E-state index contributed by atoms with van der Waals surface area (Å²) in [5.74, 6) is 2.52. The summed E-state index contributed by atoms with van der Waals surface area (Å²) >= 11 is 0. The number of esters is 1. The van der Waals surface area contributed by atoms with Crippen LogP contribution in [0, 0.1) is 23.7 Å². The number of allylic oxidation sites excluding steroid dienone is 6. The molecule has 0 radical (unpaired) electrons. The van der Waals surface area contributed by atoms with Crippen molar-refractivity contribution in [2.75, 3.05) is 0 Å². The molecule has 0 amide bonds. The molecule has 4 rings (SSSR count). The molecule has 0 bridgehead atoms. The van der Waals surface area contributed by atoms with E-state index in [-0.39, 0.29) is 12.1 Å². The van der Waals surface area contributed by atoms with E-state index in [1.54, 1.807) is 18.1 Å². The lowest BCUT2D eigenvalue weighted by atomic mass is 9.62. The summed E-state index contributed by atoms with van der Waals surface area (Å²) in [5, 5.41) is 0. The Balaban J connectivity index is 1.59. The van der Waals surface area contributed by atoms with Crippen molar-refractivity contribution in [1.82, 2.24) is 0 Å². The summed E-state index contributed by atoms with van der Waals surface area (Å²) in [6.45, 7) is 1.54. The molecule has 2 saturated carbocycles. The molecule has 2 heteroatoms. The fraction of sp³-hybridized carbons (Fsp3) is 0.632. The molecule has 0 aromatic carbocycles. The Bertz CT molecular complexity index is 540. The number of carbonyl (C=O) groups excluding carboxylic acids is 1. The minimum atomic E-state index is -0.112. The van der Waals surface area contributed by atoms with Gasteiger partial charge in [0.25, 0.3) is 0 Å². The van der Waals surface area contributed by atoms with Gasteiger partial charge >= 0.3 is 5.97 Å². The van der Waals surface area contributed by atoms with Crippen LogP contribution in [0.3, 0.4) is 0 Å². The van der Waals surface area contributed by atoms with Crippen LogP contribution in [0.15, 0.2) is 35.5 Å². The normalized spacial score (nSPS) is 40.5. The van der Waals surface area contributed by atoms with Crippen molar-refractivity contribution < 1.29 is 9.53 Å². The van der Waals surface area contributed by atoms with Gasteiger partial charge in [-0.05, 0) is 50.4 Å². The quantitative estimate of drug-likeness (QED) is 0.533. The van der Waals surface area contributed by atoms with E-state index in [1.165, 1.54) is 19.3 Å². The molecule has 2 nitrogen and oxygen atoms in total. The van der Waals surface area contributed by atoms with Crippen molar-refractivity contribution >= 4 is 5.97 Å². The van der Waals surface area contributed by atoms with Crippen LogP contribution < -0.4 is 0 Å². The maximum Gasteiger partial charge on any atom is 0.302 e. The lowest BCUT2D eigenvalue weighted by Crippen LogP contribution is -2.35. The molecule has 0 heterocycles. The standard InChI is InChI=1S/C19H24O2/c1-12(20)21-19-11-10-17-16-7-6-13-4-2-3-5-14(13)15(16)8-9-18(17)19/h3-5,8,14,16-19H,2,6-7,9-11H2,1H3. The zero-order chi connectivity index (χ0) is 14.4. The summed E-state index contributed by atoms with van der Waals surface area (Å²) in [5.41, 5.74) is 3.32. The highest BCUT2D eigenvalue weighted by Crippen LogP contribution is 2.54. The minimum absolute atomic E-state index is 0.112. The monoisotopic (exact) mass is 284 g/mol. The Labute approximate surface area is 126 Å². The molecular weight excluding hydrogens is 260 g/mol. The van der Waals surface area contributed by atoms with Crippen LogP contribution in [-0.4, -0.2) is 12.1 Å². The predicted molar refractivity (Wildman–Crippen MR) is 82.5 cm³/mol. The van der Waals surface area contributed by atoms with Gasteiger partial charge in [0.1, 0.15) is 6.10 Å². The van der Waals surface area contributed by atoms with Gasteiger partial charge < -0.3 is 4.74 Å². The van der Waals surface area contributed by atoms with Crippen LogP contribution in [0.4, 0.5) is 0 Å². The largest absolute Gasteiger partial charge is 0.462 e. The molecule has 5 unspecified atom stereocenters. The zero-order valence-corrected chi connectivity index (χ0v) is 12.8. The second-order valence-electron chi connectivity index (χ2n) is 7.06. The molecule has 0 aliphatic heterocycles. The molecule has 4 aliphatic rings. The summed E-state index contributed by atoms with van der Waals surface area (Å²) in [6.07, 6.45) is 16.9. The summed E-state index contributed by atoms with van der Waals surface area (Å²) in [7, 11) is 0. The fourth-order valence-electron chi connectivity index (χ4n) is 5.24. The molecule has 0 N–H and O–H groups in total. The van der Waals surface area contributed by atoms with E-state index in [4.69, 9.17) is 4.74 Å². The van der Waals surface area contributed by atoms with Gasteiger partial charge in [-0.2, -0.15) is 0 Å². The molecule has 112 valence electrons. The Morgan fingerprint density at radius 2 is 2.10 bits per heavy atom. The molecule has 0 aromatic rings. The van der Waals surface area contributed by atoms with Gasteiger partial charge in [0, 0.05) is 18.8 Å². The molecule has 2 fully saturated rings. The van der Waals surface area contributed by atoms with Crippen LogP contribution in [0.25, 0.3) is 0 Å². The van der Waals surface area contributed by atoms with E-state index >= 15 is 0 Å². The third-order valence-corrected chi connectivity index (χ3v) is 6.05. The SMILES string of the molecule is CC(=O)OC1CCC2C3CCC4=CCC=CC4C3=CCC12. The summed E-state index contributed by atoms with van der Waals surface area (Å²) in [4.78, 5) is 11.3. The predicted octanol–water partition coefficient (Wildman–Crippen LogP) is 4.19. The zero-order valence-electron chi connectivity index (χ0n) is 12.8. The number of rotatable bonds is 1. The molecule has 4 aliphatic carbocycles. The Morgan fingerprint density at radius 1 is 1.19 bits per heavy atom. The van der Waals surface area contributed by atoms with Gasteiger partial charge in [-0.3, -0.25) is 4.79 Å². The van der Waals surface area contributed by atoms with Crippen molar-refractivity contribution in [3.8, 4) is 0 Å². The average Bonchev–Trinajstić information content (AvgIpc) is 2.89. The van der Waals surface area contributed by atoms with Crippen molar-refractivity contribution in [3.63, 3.8) is 0 Å². The number of ether oxygens (including phenoxy) is 1. The Morgan fingerprint density at radius 3 is 2.95 bits per heavy atom. The van der Waals surface area contributed by atoms with Crippen molar-refractivity contribution in [2.45, 2.75) is 51.6 Å². The van der Waals surface area contributed by atoms with Crippen molar-refractivity contribution in [1.29, 1.82) is 0 Å². The first-order valence-corrected chi connectivity index (χ1v) is 8.47. The molecule has 0 aromatic heterocycles. The van der Waals surface area contributed by atoms with E-state index in [0.717, 1.165) is 31.1 Å². The van der Waals surface area contributed by atoms with Crippen molar-refractivity contribution in [3.05, 3.63) is 35.5 Å². The van der Waals surface area contributed by atoms with E-state index in [9.17, 15) is 4.79 Å². The molecule has 21 heavy (non-hydrogen) atoms. The Kier molecular flexibility index (Phi) is 3.28. The maximum absolute atomic E-state index is 11.3. The molecular formula is C19H24O2. The van der Waals surface area contributed by atoms with Crippen LogP contribution >= 0.6 is 0 Å². The van der Waals surface area contributed by atoms with Gasteiger partial charge in [-0.15, -0.1) is 0 Å². The van der Waals surface area contributed by atoms with Crippen LogP contribution in [0.5, 0.6) is 0 Å². The smallest absolute Gasteiger partial charge is 0.302 e. The van der Waals surface area contributed by atoms with E-state index in [2.05, 4.69) is 24.3 Å².